The maximum atomic E-state index is 4.48. The smallest absolute Gasteiger partial charge is 0.0344 e. The molecule has 2 fully saturated rings. The predicted molar refractivity (Wildman–Crippen MR) is 143 cm³/mol. The van der Waals surface area contributed by atoms with Gasteiger partial charge in [0, 0.05) is 30.2 Å². The third-order valence-corrected chi connectivity index (χ3v) is 8.06. The Morgan fingerprint density at radius 3 is 2.30 bits per heavy atom. The number of hydrogen-bond acceptors (Lipinski definition) is 2. The van der Waals surface area contributed by atoms with Crippen molar-refractivity contribution in [3.8, 4) is 11.1 Å². The third kappa shape index (κ3) is 5.61. The van der Waals surface area contributed by atoms with E-state index in [1.807, 2.05) is 6.08 Å². The first-order valence-electron chi connectivity index (χ1n) is 13.1. The third-order valence-electron chi connectivity index (χ3n) is 8.06. The van der Waals surface area contributed by atoms with E-state index in [0.29, 0.717) is 0 Å². The Morgan fingerprint density at radius 1 is 1.03 bits per heavy atom. The average Bonchev–Trinajstić information content (AvgIpc) is 3.51. The van der Waals surface area contributed by atoms with Gasteiger partial charge in [-0.15, -0.1) is 6.58 Å². The summed E-state index contributed by atoms with van der Waals surface area (Å²) in [7, 11) is 0. The molecule has 1 N–H and O–H groups in total. The molecule has 1 saturated carbocycles. The zero-order chi connectivity index (χ0) is 23.1. The van der Waals surface area contributed by atoms with Gasteiger partial charge in [0.05, 0.1) is 0 Å². The highest BCUT2D eigenvalue weighted by Gasteiger charge is 2.38. The topological polar surface area (TPSA) is 15.3 Å². The average molecular weight is 443 g/mol. The van der Waals surface area contributed by atoms with Gasteiger partial charge in [0.1, 0.15) is 0 Å². The Bertz CT molecular complexity index is 903. The van der Waals surface area contributed by atoms with Crippen molar-refractivity contribution in [2.75, 3.05) is 19.6 Å². The minimum atomic E-state index is 0.0866. The minimum Gasteiger partial charge on any atom is -0.388 e. The Hall–Kier alpha value is -2.32. The maximum Gasteiger partial charge on any atom is 0.0344 e. The van der Waals surface area contributed by atoms with Crippen LogP contribution in [0.5, 0.6) is 0 Å². The summed E-state index contributed by atoms with van der Waals surface area (Å²) in [5.41, 5.74) is 6.76. The van der Waals surface area contributed by atoms with E-state index in [1.54, 1.807) is 0 Å². The highest BCUT2D eigenvalue weighted by atomic mass is 15.2. The number of allylic oxidation sites excluding steroid dienone is 2. The second-order valence-corrected chi connectivity index (χ2v) is 10.2. The fraction of sp³-hybridized carbons (Fsp3) is 0.484. The number of nitrogens with one attached hydrogen (secondary N) is 1. The normalized spacial score (nSPS) is 20.1. The quantitative estimate of drug-likeness (QED) is 0.291. The van der Waals surface area contributed by atoms with Gasteiger partial charge in [0.2, 0.25) is 0 Å². The lowest BCUT2D eigenvalue weighted by Crippen LogP contribution is -2.33. The van der Waals surface area contributed by atoms with Gasteiger partial charge in [-0.05, 0) is 80.7 Å². The lowest BCUT2D eigenvalue weighted by atomic mass is 9.76. The van der Waals surface area contributed by atoms with Crippen molar-refractivity contribution in [2.45, 2.75) is 76.2 Å². The van der Waals surface area contributed by atoms with E-state index in [9.17, 15) is 0 Å². The van der Waals surface area contributed by atoms with E-state index in [0.717, 1.165) is 31.8 Å². The molecule has 0 radical (unpaired) electrons. The summed E-state index contributed by atoms with van der Waals surface area (Å²) in [5, 5.41) is 3.64. The molecule has 1 saturated heterocycles. The van der Waals surface area contributed by atoms with Crippen LogP contribution in [0.4, 0.5) is 0 Å². The zero-order valence-electron chi connectivity index (χ0n) is 20.6. The van der Waals surface area contributed by atoms with E-state index in [2.05, 4.69) is 78.8 Å². The molecule has 1 aliphatic heterocycles. The lowest BCUT2D eigenvalue weighted by molar-refractivity contribution is 0.272. The van der Waals surface area contributed by atoms with Crippen LogP contribution in [0.2, 0.25) is 0 Å². The molecular formula is C31H42N2. The van der Waals surface area contributed by atoms with Crippen LogP contribution < -0.4 is 5.32 Å². The van der Waals surface area contributed by atoms with Crippen LogP contribution >= 0.6 is 0 Å². The monoisotopic (exact) mass is 442 g/mol. The molecule has 2 nitrogen and oxygen atoms in total. The molecule has 33 heavy (non-hydrogen) atoms. The van der Waals surface area contributed by atoms with E-state index < -0.39 is 0 Å². The van der Waals surface area contributed by atoms with Crippen LogP contribution in [0, 0.1) is 0 Å². The van der Waals surface area contributed by atoms with Gasteiger partial charge in [0.15, 0.2) is 0 Å². The van der Waals surface area contributed by atoms with Crippen molar-refractivity contribution in [1.82, 2.24) is 10.2 Å². The first-order valence-corrected chi connectivity index (χ1v) is 13.1. The number of hydrogen-bond donors (Lipinski definition) is 1. The van der Waals surface area contributed by atoms with Gasteiger partial charge in [0.25, 0.3) is 0 Å². The molecule has 1 heterocycles. The summed E-state index contributed by atoms with van der Waals surface area (Å²) in [6.45, 7) is 14.1. The van der Waals surface area contributed by atoms with Crippen molar-refractivity contribution in [3.63, 3.8) is 0 Å². The molecule has 2 heteroatoms. The number of likely N-dealkylation sites (tertiary alicyclic amines) is 1. The summed E-state index contributed by atoms with van der Waals surface area (Å²) in [6, 6.07) is 19.3. The molecule has 4 rings (SSSR count). The van der Waals surface area contributed by atoms with Crippen LogP contribution in [-0.4, -0.2) is 30.6 Å². The fourth-order valence-corrected chi connectivity index (χ4v) is 5.84. The van der Waals surface area contributed by atoms with Crippen molar-refractivity contribution in [2.24, 2.45) is 0 Å². The Kier molecular flexibility index (Phi) is 8.09. The molecule has 2 aliphatic rings. The van der Waals surface area contributed by atoms with Crippen LogP contribution in [0.25, 0.3) is 11.1 Å². The number of benzene rings is 2. The van der Waals surface area contributed by atoms with Gasteiger partial charge < -0.3 is 10.2 Å². The molecule has 0 amide bonds. The maximum absolute atomic E-state index is 4.48. The second-order valence-electron chi connectivity index (χ2n) is 10.2. The summed E-state index contributed by atoms with van der Waals surface area (Å²) in [4.78, 5) is 2.63. The van der Waals surface area contributed by atoms with Crippen molar-refractivity contribution in [1.29, 1.82) is 0 Å². The van der Waals surface area contributed by atoms with Crippen molar-refractivity contribution >= 4 is 0 Å². The summed E-state index contributed by atoms with van der Waals surface area (Å²) in [6.07, 6.45) is 13.0. The van der Waals surface area contributed by atoms with Crippen molar-refractivity contribution < 1.29 is 0 Å². The summed E-state index contributed by atoms with van der Waals surface area (Å²) < 4.78 is 0. The largest absolute Gasteiger partial charge is 0.388 e. The second kappa shape index (κ2) is 11.2. The zero-order valence-corrected chi connectivity index (χ0v) is 20.6. The molecule has 1 atom stereocenters. The van der Waals surface area contributed by atoms with Crippen molar-refractivity contribution in [3.05, 3.63) is 84.6 Å². The van der Waals surface area contributed by atoms with Crippen LogP contribution in [0.3, 0.4) is 0 Å². The van der Waals surface area contributed by atoms with E-state index in [4.69, 9.17) is 0 Å². The van der Waals surface area contributed by atoms with Gasteiger partial charge >= 0.3 is 0 Å². The van der Waals surface area contributed by atoms with Gasteiger partial charge in [-0.25, -0.2) is 0 Å². The standard InChI is InChI=1S/C31H42N2/c1-4-5-8-22-32-26(3)31(20-6-7-21-31)30-17-15-29(16-18-30)28-13-11-27(12-14-28)19-24-33-23-9-10-25(33)2/h4,11-18,25,32H,1,3,5-10,19-24H2,2H3. The first kappa shape index (κ1) is 23.8. The SMILES string of the molecule is C=CCCCNC(=C)C1(c2ccc(-c3ccc(CCN4CCCC4C)cc3)cc2)CCCC1. The van der Waals surface area contributed by atoms with Gasteiger partial charge in [-0.3, -0.25) is 0 Å². The molecule has 176 valence electrons. The molecule has 2 aromatic rings. The van der Waals surface area contributed by atoms with E-state index in [-0.39, 0.29) is 5.41 Å². The predicted octanol–water partition coefficient (Wildman–Crippen LogP) is 7.26. The van der Waals surface area contributed by atoms with Gasteiger partial charge in [-0.2, -0.15) is 0 Å². The highest BCUT2D eigenvalue weighted by molar-refractivity contribution is 5.64. The Labute approximate surface area is 201 Å². The molecule has 0 spiro atoms. The van der Waals surface area contributed by atoms with Crippen LogP contribution in [-0.2, 0) is 11.8 Å². The van der Waals surface area contributed by atoms with E-state index in [1.165, 1.54) is 79.6 Å². The minimum absolute atomic E-state index is 0.0866. The number of nitrogens with zero attached hydrogens (tertiary/aromatic N) is 1. The Morgan fingerprint density at radius 2 is 1.70 bits per heavy atom. The Balaban J connectivity index is 1.40. The molecule has 2 aromatic carbocycles. The molecular weight excluding hydrogens is 400 g/mol. The lowest BCUT2D eigenvalue weighted by Gasteiger charge is -2.33. The number of rotatable bonds is 11. The summed E-state index contributed by atoms with van der Waals surface area (Å²) >= 11 is 0. The highest BCUT2D eigenvalue weighted by Crippen LogP contribution is 2.45. The molecule has 1 unspecified atom stereocenters. The summed E-state index contributed by atoms with van der Waals surface area (Å²) in [5.74, 6) is 0. The molecule has 1 aliphatic carbocycles. The van der Waals surface area contributed by atoms with Crippen LogP contribution in [0.15, 0.2) is 73.5 Å². The molecule has 0 aromatic heterocycles. The molecule has 0 bridgehead atoms. The number of unbranched alkanes of at least 4 members (excludes halogenated alkanes) is 1. The van der Waals surface area contributed by atoms with Crippen LogP contribution in [0.1, 0.15) is 69.4 Å². The van der Waals surface area contributed by atoms with Gasteiger partial charge in [-0.1, -0.05) is 74.0 Å². The first-order chi connectivity index (χ1) is 16.1. The van der Waals surface area contributed by atoms with E-state index >= 15 is 0 Å². The fourth-order valence-electron chi connectivity index (χ4n) is 5.84.